The molecule has 5 nitrogen and oxygen atoms in total. The molecule has 0 aromatic carbocycles. The molecule has 2 rings (SSSR count). The van der Waals surface area contributed by atoms with E-state index < -0.39 is 0 Å². The Kier molecular flexibility index (Phi) is 3.36. The number of aromatic nitrogens is 2. The third-order valence-electron chi connectivity index (χ3n) is 2.82. The number of carbonyl (C=O) groups excluding carboxylic acids is 1. The minimum atomic E-state index is 0.143. The Morgan fingerprint density at radius 3 is 2.82 bits per heavy atom. The normalized spacial score (nSPS) is 15.2. The van der Waals surface area contributed by atoms with Gasteiger partial charge in [-0.1, -0.05) is 13.8 Å². The Labute approximate surface area is 102 Å². The Bertz CT molecular complexity index is 395. The number of anilines is 1. The van der Waals surface area contributed by atoms with E-state index in [-0.39, 0.29) is 5.91 Å². The van der Waals surface area contributed by atoms with Crippen LogP contribution < -0.4 is 5.73 Å². The van der Waals surface area contributed by atoms with Crippen molar-refractivity contribution >= 4 is 11.6 Å². The Morgan fingerprint density at radius 1 is 1.65 bits per heavy atom. The van der Waals surface area contributed by atoms with Crippen LogP contribution in [0.1, 0.15) is 26.7 Å². The summed E-state index contributed by atoms with van der Waals surface area (Å²) in [5.41, 5.74) is 6.17. The van der Waals surface area contributed by atoms with Crippen molar-refractivity contribution in [3.8, 4) is 0 Å². The van der Waals surface area contributed by atoms with E-state index in [0.29, 0.717) is 24.2 Å². The van der Waals surface area contributed by atoms with Crippen molar-refractivity contribution in [3.63, 3.8) is 0 Å². The zero-order chi connectivity index (χ0) is 12.4. The molecule has 1 aromatic heterocycles. The minimum Gasteiger partial charge on any atom is -0.396 e. The molecular weight excluding hydrogens is 216 g/mol. The van der Waals surface area contributed by atoms with Crippen LogP contribution in [0.15, 0.2) is 12.4 Å². The maximum absolute atomic E-state index is 12.2. The summed E-state index contributed by atoms with van der Waals surface area (Å²) in [5.74, 6) is 0.645. The highest BCUT2D eigenvalue weighted by atomic mass is 16.2. The second-order valence-corrected chi connectivity index (χ2v) is 5.14. The van der Waals surface area contributed by atoms with E-state index in [2.05, 4.69) is 18.9 Å². The van der Waals surface area contributed by atoms with Crippen LogP contribution in [0.3, 0.4) is 0 Å². The first-order chi connectivity index (χ1) is 8.06. The number of hydrogen-bond acceptors (Lipinski definition) is 3. The van der Waals surface area contributed by atoms with Crippen molar-refractivity contribution in [3.05, 3.63) is 12.4 Å². The quantitative estimate of drug-likeness (QED) is 0.833. The zero-order valence-electron chi connectivity index (χ0n) is 10.5. The first-order valence-corrected chi connectivity index (χ1v) is 6.13. The number of rotatable bonds is 5. The van der Waals surface area contributed by atoms with Gasteiger partial charge in [-0.05, 0) is 18.8 Å². The molecule has 2 N–H and O–H groups in total. The van der Waals surface area contributed by atoms with Crippen LogP contribution in [0, 0.1) is 5.92 Å². The van der Waals surface area contributed by atoms with Crippen LogP contribution in [0.2, 0.25) is 0 Å². The molecule has 0 saturated heterocycles. The van der Waals surface area contributed by atoms with Crippen LogP contribution in [0.4, 0.5) is 5.69 Å². The third kappa shape index (κ3) is 3.22. The van der Waals surface area contributed by atoms with Gasteiger partial charge in [0.1, 0.15) is 6.54 Å². The Hall–Kier alpha value is -1.52. The summed E-state index contributed by atoms with van der Waals surface area (Å²) >= 11 is 0. The topological polar surface area (TPSA) is 64.2 Å². The van der Waals surface area contributed by atoms with Gasteiger partial charge >= 0.3 is 0 Å². The summed E-state index contributed by atoms with van der Waals surface area (Å²) in [7, 11) is 0. The highest BCUT2D eigenvalue weighted by Gasteiger charge is 2.32. The number of carbonyl (C=O) groups is 1. The molecule has 0 radical (unpaired) electrons. The molecule has 1 aliphatic carbocycles. The van der Waals surface area contributed by atoms with Crippen molar-refractivity contribution in [1.82, 2.24) is 14.7 Å². The fraction of sp³-hybridized carbons (Fsp3) is 0.667. The average molecular weight is 236 g/mol. The SMILES string of the molecule is CC(C)CN(C(=O)Cn1cc(N)cn1)C1CC1. The lowest BCUT2D eigenvalue weighted by Gasteiger charge is -2.24. The summed E-state index contributed by atoms with van der Waals surface area (Å²) in [4.78, 5) is 14.2. The molecule has 1 fully saturated rings. The third-order valence-corrected chi connectivity index (χ3v) is 2.82. The van der Waals surface area contributed by atoms with E-state index in [1.165, 1.54) is 0 Å². The first-order valence-electron chi connectivity index (χ1n) is 6.13. The second-order valence-electron chi connectivity index (χ2n) is 5.14. The van der Waals surface area contributed by atoms with Crippen LogP contribution in [0.25, 0.3) is 0 Å². The molecule has 1 aromatic rings. The second kappa shape index (κ2) is 4.77. The van der Waals surface area contributed by atoms with Crippen molar-refractivity contribution in [2.45, 2.75) is 39.3 Å². The van der Waals surface area contributed by atoms with Gasteiger partial charge < -0.3 is 10.6 Å². The maximum Gasteiger partial charge on any atom is 0.244 e. The van der Waals surface area contributed by atoms with E-state index in [0.717, 1.165) is 19.4 Å². The Balaban J connectivity index is 1.96. The van der Waals surface area contributed by atoms with Gasteiger partial charge in [-0.2, -0.15) is 5.10 Å². The standard InChI is InChI=1S/C12H20N4O/c1-9(2)6-16(11-3-4-11)12(17)8-15-7-10(13)5-14-15/h5,7,9,11H,3-4,6,8,13H2,1-2H3. The minimum absolute atomic E-state index is 0.143. The molecule has 0 spiro atoms. The molecule has 1 heterocycles. The molecule has 1 aliphatic rings. The van der Waals surface area contributed by atoms with Gasteiger partial charge in [0.15, 0.2) is 0 Å². The van der Waals surface area contributed by atoms with Crippen LogP contribution in [-0.2, 0) is 11.3 Å². The van der Waals surface area contributed by atoms with Gasteiger partial charge in [0.2, 0.25) is 5.91 Å². The number of amides is 1. The number of hydrogen-bond donors (Lipinski definition) is 1. The molecule has 5 heteroatoms. The molecule has 0 bridgehead atoms. The average Bonchev–Trinajstić information content (AvgIpc) is 3.00. The first kappa shape index (κ1) is 12.0. The summed E-state index contributed by atoms with van der Waals surface area (Å²) in [6.07, 6.45) is 5.54. The number of nitrogens with two attached hydrogens (primary N) is 1. The predicted molar refractivity (Wildman–Crippen MR) is 66.2 cm³/mol. The largest absolute Gasteiger partial charge is 0.396 e. The van der Waals surface area contributed by atoms with E-state index >= 15 is 0 Å². The van der Waals surface area contributed by atoms with Crippen molar-refractivity contribution in [1.29, 1.82) is 0 Å². The van der Waals surface area contributed by atoms with Gasteiger partial charge in [-0.15, -0.1) is 0 Å². The van der Waals surface area contributed by atoms with Gasteiger partial charge in [-0.25, -0.2) is 0 Å². The fourth-order valence-electron chi connectivity index (χ4n) is 1.93. The molecule has 0 unspecified atom stereocenters. The smallest absolute Gasteiger partial charge is 0.244 e. The molecule has 1 saturated carbocycles. The zero-order valence-corrected chi connectivity index (χ0v) is 10.5. The van der Waals surface area contributed by atoms with Crippen LogP contribution in [0.5, 0.6) is 0 Å². The summed E-state index contributed by atoms with van der Waals surface area (Å²) in [6, 6.07) is 0.456. The number of nitrogens with zero attached hydrogens (tertiary/aromatic N) is 3. The fourth-order valence-corrected chi connectivity index (χ4v) is 1.93. The summed E-state index contributed by atoms with van der Waals surface area (Å²) in [6.45, 7) is 5.39. The van der Waals surface area contributed by atoms with Gasteiger partial charge in [0.05, 0.1) is 11.9 Å². The Morgan fingerprint density at radius 2 is 2.35 bits per heavy atom. The van der Waals surface area contributed by atoms with Crippen LogP contribution in [-0.4, -0.2) is 33.2 Å². The van der Waals surface area contributed by atoms with Gasteiger partial charge in [0, 0.05) is 18.8 Å². The van der Waals surface area contributed by atoms with Crippen molar-refractivity contribution in [2.24, 2.45) is 5.92 Å². The lowest BCUT2D eigenvalue weighted by atomic mass is 10.2. The highest BCUT2D eigenvalue weighted by molar-refractivity contribution is 5.76. The molecule has 1 amide bonds. The maximum atomic E-state index is 12.2. The summed E-state index contributed by atoms with van der Waals surface area (Å²) < 4.78 is 1.60. The molecule has 17 heavy (non-hydrogen) atoms. The highest BCUT2D eigenvalue weighted by Crippen LogP contribution is 2.27. The predicted octanol–water partition coefficient (Wildman–Crippen LogP) is 1.11. The van der Waals surface area contributed by atoms with Crippen molar-refractivity contribution in [2.75, 3.05) is 12.3 Å². The molecular formula is C12H20N4O. The number of nitrogen functional groups attached to an aromatic ring is 1. The van der Waals surface area contributed by atoms with E-state index in [9.17, 15) is 4.79 Å². The van der Waals surface area contributed by atoms with E-state index in [1.54, 1.807) is 17.1 Å². The summed E-state index contributed by atoms with van der Waals surface area (Å²) in [5, 5.41) is 4.04. The van der Waals surface area contributed by atoms with Gasteiger partial charge in [-0.3, -0.25) is 9.48 Å². The lowest BCUT2D eigenvalue weighted by molar-refractivity contribution is -0.133. The van der Waals surface area contributed by atoms with Crippen LogP contribution >= 0.6 is 0 Å². The molecule has 94 valence electrons. The lowest BCUT2D eigenvalue weighted by Crippen LogP contribution is -2.38. The molecule has 0 atom stereocenters. The van der Waals surface area contributed by atoms with E-state index in [1.807, 2.05) is 4.90 Å². The molecule has 0 aliphatic heterocycles. The van der Waals surface area contributed by atoms with Crippen molar-refractivity contribution < 1.29 is 4.79 Å². The monoisotopic (exact) mass is 236 g/mol. The van der Waals surface area contributed by atoms with E-state index in [4.69, 9.17) is 5.73 Å². The van der Waals surface area contributed by atoms with Gasteiger partial charge in [0.25, 0.3) is 0 Å².